The maximum atomic E-state index is 14.6. The van der Waals surface area contributed by atoms with Gasteiger partial charge in [0.2, 0.25) is 5.91 Å². The third kappa shape index (κ3) is 3.27. The lowest BCUT2D eigenvalue weighted by Gasteiger charge is -2.39. The average Bonchev–Trinajstić information content (AvgIpc) is 3.36. The molecule has 1 amide bonds. The quantitative estimate of drug-likeness (QED) is 0.407. The van der Waals surface area contributed by atoms with Gasteiger partial charge in [-0.15, -0.1) is 0 Å². The summed E-state index contributed by atoms with van der Waals surface area (Å²) < 4.78 is 0. The first-order chi connectivity index (χ1) is 18.1. The highest BCUT2D eigenvalue weighted by atomic mass is 35.5. The van der Waals surface area contributed by atoms with Gasteiger partial charge in [0.25, 0.3) is 0 Å². The number of hydrogen-bond acceptors (Lipinski definition) is 4. The van der Waals surface area contributed by atoms with E-state index in [0.29, 0.717) is 16.3 Å². The van der Waals surface area contributed by atoms with Gasteiger partial charge in [-0.05, 0) is 54.5 Å². The minimum Gasteiger partial charge on any atom is -0.352 e. The normalized spacial score (nSPS) is 25.4. The SMILES string of the molecule is CC1=C[C@H]2N(c3ccccc31)[C@@H](C(=O)C(C)(C)C)[C@@H](C(=O)c1ccc(Cl)cc1)[C@]21C(=O)Nc2ccccc21. The summed E-state index contributed by atoms with van der Waals surface area (Å²) in [4.78, 5) is 45.4. The lowest BCUT2D eigenvalue weighted by Crippen LogP contribution is -2.51. The molecule has 4 atom stereocenters. The van der Waals surface area contributed by atoms with Gasteiger partial charge in [0.05, 0.1) is 12.0 Å². The van der Waals surface area contributed by atoms with E-state index in [4.69, 9.17) is 11.6 Å². The van der Waals surface area contributed by atoms with E-state index in [-0.39, 0.29) is 17.5 Å². The largest absolute Gasteiger partial charge is 0.352 e. The van der Waals surface area contributed by atoms with Crippen molar-refractivity contribution in [2.24, 2.45) is 11.3 Å². The van der Waals surface area contributed by atoms with Crippen LogP contribution in [0.1, 0.15) is 49.2 Å². The van der Waals surface area contributed by atoms with Gasteiger partial charge in [-0.2, -0.15) is 0 Å². The Labute approximate surface area is 227 Å². The van der Waals surface area contributed by atoms with E-state index >= 15 is 0 Å². The van der Waals surface area contributed by atoms with E-state index < -0.39 is 28.8 Å². The fourth-order valence-corrected chi connectivity index (χ4v) is 6.75. The van der Waals surface area contributed by atoms with E-state index in [1.54, 1.807) is 24.3 Å². The third-order valence-corrected chi connectivity index (χ3v) is 8.55. The van der Waals surface area contributed by atoms with Crippen LogP contribution in [0.15, 0.2) is 78.9 Å². The topological polar surface area (TPSA) is 66.5 Å². The molecule has 1 saturated heterocycles. The van der Waals surface area contributed by atoms with Gasteiger partial charge in [0.15, 0.2) is 11.6 Å². The van der Waals surface area contributed by atoms with Gasteiger partial charge in [0.1, 0.15) is 11.5 Å². The number of nitrogens with zero attached hydrogens (tertiary/aromatic N) is 1. The Morgan fingerprint density at radius 2 is 1.61 bits per heavy atom. The van der Waals surface area contributed by atoms with E-state index in [1.807, 2.05) is 76.2 Å². The molecule has 3 heterocycles. The minimum atomic E-state index is -1.30. The lowest BCUT2D eigenvalue weighted by molar-refractivity contribution is -0.128. The molecule has 192 valence electrons. The molecule has 1 fully saturated rings. The predicted octanol–water partition coefficient (Wildman–Crippen LogP) is 6.32. The summed E-state index contributed by atoms with van der Waals surface area (Å²) in [5.41, 5.74) is 2.68. The summed E-state index contributed by atoms with van der Waals surface area (Å²) in [5.74, 6) is -1.53. The van der Waals surface area contributed by atoms with Gasteiger partial charge < -0.3 is 10.2 Å². The van der Waals surface area contributed by atoms with Gasteiger partial charge in [-0.25, -0.2) is 0 Å². The summed E-state index contributed by atoms with van der Waals surface area (Å²) in [6.07, 6.45) is 2.07. The molecule has 0 radical (unpaired) electrons. The fourth-order valence-electron chi connectivity index (χ4n) is 6.62. The van der Waals surface area contributed by atoms with Crippen LogP contribution >= 0.6 is 11.6 Å². The highest BCUT2D eigenvalue weighted by Crippen LogP contribution is 2.59. The lowest BCUT2D eigenvalue weighted by atomic mass is 9.63. The Bertz CT molecular complexity index is 1530. The smallest absolute Gasteiger partial charge is 0.238 e. The molecule has 0 unspecified atom stereocenters. The zero-order chi connectivity index (χ0) is 27.0. The van der Waals surface area contributed by atoms with Gasteiger partial charge >= 0.3 is 0 Å². The minimum absolute atomic E-state index is 0.0772. The second kappa shape index (κ2) is 8.40. The molecule has 5 nitrogen and oxygen atoms in total. The number of carbonyl (C=O) groups excluding carboxylic acids is 3. The number of nitrogens with one attached hydrogen (secondary N) is 1. The van der Waals surface area contributed by atoms with Crippen molar-refractivity contribution in [2.75, 3.05) is 10.2 Å². The van der Waals surface area contributed by atoms with Crippen LogP contribution in [0, 0.1) is 11.3 Å². The average molecular weight is 525 g/mol. The number of anilines is 2. The first-order valence-electron chi connectivity index (χ1n) is 12.9. The zero-order valence-corrected chi connectivity index (χ0v) is 22.5. The van der Waals surface area contributed by atoms with Crippen molar-refractivity contribution >= 4 is 46.0 Å². The van der Waals surface area contributed by atoms with Crippen molar-refractivity contribution < 1.29 is 14.4 Å². The Morgan fingerprint density at radius 1 is 0.947 bits per heavy atom. The second-order valence-corrected chi connectivity index (χ2v) is 11.9. The first kappa shape index (κ1) is 24.6. The first-order valence-corrected chi connectivity index (χ1v) is 13.3. The summed E-state index contributed by atoms with van der Waals surface area (Å²) in [7, 11) is 0. The molecular weight excluding hydrogens is 496 g/mol. The molecule has 3 aliphatic rings. The molecule has 6 rings (SSSR count). The van der Waals surface area contributed by atoms with Crippen LogP contribution in [0.4, 0.5) is 11.4 Å². The number of fused-ring (bicyclic) bond motifs is 6. The van der Waals surface area contributed by atoms with Crippen molar-refractivity contribution in [3.05, 3.63) is 101 Å². The van der Waals surface area contributed by atoms with Gasteiger partial charge in [-0.3, -0.25) is 14.4 Å². The van der Waals surface area contributed by atoms with E-state index in [9.17, 15) is 14.4 Å². The molecule has 0 aliphatic carbocycles. The number of para-hydroxylation sites is 2. The Hall–Kier alpha value is -3.70. The molecule has 1 N–H and O–H groups in total. The molecule has 1 spiro atoms. The molecular formula is C32H29ClN2O3. The van der Waals surface area contributed by atoms with Crippen LogP contribution in [0.2, 0.25) is 5.02 Å². The van der Waals surface area contributed by atoms with E-state index in [1.165, 1.54) is 0 Å². The van der Waals surface area contributed by atoms with Crippen molar-refractivity contribution in [1.29, 1.82) is 0 Å². The van der Waals surface area contributed by atoms with E-state index in [2.05, 4.69) is 16.3 Å². The number of benzene rings is 3. The Kier molecular flexibility index (Phi) is 5.45. The van der Waals surface area contributed by atoms with Gasteiger partial charge in [-0.1, -0.05) is 74.8 Å². The molecule has 0 aromatic heterocycles. The van der Waals surface area contributed by atoms with Crippen molar-refractivity contribution in [1.82, 2.24) is 0 Å². The molecule has 0 saturated carbocycles. The Balaban J connectivity index is 1.70. The molecule has 3 aromatic rings. The van der Waals surface area contributed by atoms with E-state index in [0.717, 1.165) is 22.4 Å². The van der Waals surface area contributed by atoms with Crippen LogP contribution in [0.25, 0.3) is 5.57 Å². The number of ketones is 2. The standard InChI is InChI=1S/C32H29ClN2O3/c1-18-17-25-32(22-10-6-7-11-23(22)34-30(32)38)26(28(36)19-13-15-20(33)16-14-19)27(29(37)31(2,3)4)35(25)24-12-8-5-9-21(18)24/h5-17,25-27H,1-4H3,(H,34,38)/t25-,26+,27-,32-/m1/s1. The molecule has 3 aliphatic heterocycles. The number of amides is 1. The second-order valence-electron chi connectivity index (χ2n) is 11.5. The highest BCUT2D eigenvalue weighted by molar-refractivity contribution is 6.30. The fraction of sp³-hybridized carbons (Fsp3) is 0.281. The number of Topliss-reactive ketones (excluding diaryl/α,β-unsaturated/α-hetero) is 2. The van der Waals surface area contributed by atoms with Crippen molar-refractivity contribution in [2.45, 2.75) is 45.2 Å². The summed E-state index contributed by atoms with van der Waals surface area (Å²) in [6.45, 7) is 7.65. The number of hydrogen-bond donors (Lipinski definition) is 1. The third-order valence-electron chi connectivity index (χ3n) is 8.30. The van der Waals surface area contributed by atoms with Crippen molar-refractivity contribution in [3.63, 3.8) is 0 Å². The summed E-state index contributed by atoms with van der Waals surface area (Å²) in [6, 6.07) is 20.8. The summed E-state index contributed by atoms with van der Waals surface area (Å²) >= 11 is 6.15. The van der Waals surface area contributed by atoms with Crippen molar-refractivity contribution in [3.8, 4) is 0 Å². The number of allylic oxidation sites excluding steroid dienone is 1. The number of rotatable bonds is 3. The zero-order valence-electron chi connectivity index (χ0n) is 21.8. The van der Waals surface area contributed by atoms with Gasteiger partial charge in [0, 0.05) is 32.9 Å². The number of carbonyl (C=O) groups is 3. The Morgan fingerprint density at radius 3 is 2.32 bits per heavy atom. The maximum absolute atomic E-state index is 14.6. The maximum Gasteiger partial charge on any atom is 0.238 e. The molecule has 0 bridgehead atoms. The van der Waals surface area contributed by atoms with Crippen LogP contribution in [-0.2, 0) is 15.0 Å². The summed E-state index contributed by atoms with van der Waals surface area (Å²) in [5, 5.41) is 3.58. The molecule has 3 aromatic carbocycles. The molecule has 6 heteroatoms. The predicted molar refractivity (Wildman–Crippen MR) is 151 cm³/mol. The van der Waals surface area contributed by atoms with Crippen LogP contribution < -0.4 is 10.2 Å². The van der Waals surface area contributed by atoms with Crippen LogP contribution in [0.5, 0.6) is 0 Å². The van der Waals surface area contributed by atoms with Crippen LogP contribution in [0.3, 0.4) is 0 Å². The number of halogens is 1. The monoisotopic (exact) mass is 524 g/mol. The highest BCUT2D eigenvalue weighted by Gasteiger charge is 2.71. The van der Waals surface area contributed by atoms with Crippen LogP contribution in [-0.4, -0.2) is 29.6 Å². The molecule has 38 heavy (non-hydrogen) atoms.